The first-order valence-corrected chi connectivity index (χ1v) is 13.0. The Labute approximate surface area is 234 Å². The molecule has 0 amide bonds. The summed E-state index contributed by atoms with van der Waals surface area (Å²) in [4.78, 5) is 0. The fourth-order valence-corrected chi connectivity index (χ4v) is 5.11. The van der Waals surface area contributed by atoms with Crippen LogP contribution in [0.1, 0.15) is 60.6 Å². The topological polar surface area (TPSA) is 21.5 Å². The molecule has 0 aliphatic carbocycles. The monoisotopic (exact) mass is 582 g/mol. The maximum Gasteiger partial charge on any atom is 0.422 e. The molecule has 3 nitrogen and oxygen atoms in total. The summed E-state index contributed by atoms with van der Waals surface area (Å²) in [7, 11) is 2.95. The Balaban J connectivity index is 1.81. The Kier molecular flexibility index (Phi) is 8.43. The van der Waals surface area contributed by atoms with Crippen LogP contribution < -0.4 is 9.47 Å². The second-order valence-corrected chi connectivity index (χ2v) is 11.0. The highest BCUT2D eigenvalue weighted by atomic mass is 19.4. The zero-order valence-electron chi connectivity index (χ0n) is 23.4. The third kappa shape index (κ3) is 6.06. The smallest absolute Gasteiger partial charge is 0.422 e. The van der Waals surface area contributed by atoms with Crippen molar-refractivity contribution in [1.82, 2.24) is 0 Å². The standard InChI is InChI=1S/C31H31F7NO2/c1-30(2,3)19-9-6-17(7-10-19)8-11-22-20-15-24(41-5)23(40-4)14-18(20)12-13-39(22)16-21-26(32)28(34)25(31(36,37)38)29(35)27(21)33/h6-7,9-10,14-15H,8,11-13,16H2,1-5H3/q+1. The summed E-state index contributed by atoms with van der Waals surface area (Å²) >= 11 is 0. The van der Waals surface area contributed by atoms with Crippen LogP contribution in [0, 0.1) is 23.3 Å². The van der Waals surface area contributed by atoms with Gasteiger partial charge in [-0.15, -0.1) is 0 Å². The average Bonchev–Trinajstić information content (AvgIpc) is 2.91. The normalized spacial score (nSPS) is 13.9. The summed E-state index contributed by atoms with van der Waals surface area (Å²) in [5, 5.41) is 0. The highest BCUT2D eigenvalue weighted by molar-refractivity contribution is 5.99. The second-order valence-electron chi connectivity index (χ2n) is 11.0. The van der Waals surface area contributed by atoms with Crippen molar-refractivity contribution in [2.45, 2.75) is 58.2 Å². The van der Waals surface area contributed by atoms with E-state index in [0.29, 0.717) is 42.0 Å². The van der Waals surface area contributed by atoms with E-state index < -0.39 is 47.1 Å². The molecule has 0 radical (unpaired) electrons. The van der Waals surface area contributed by atoms with Gasteiger partial charge in [0, 0.05) is 18.4 Å². The van der Waals surface area contributed by atoms with Crippen molar-refractivity contribution in [1.29, 1.82) is 0 Å². The highest BCUT2D eigenvalue weighted by Crippen LogP contribution is 2.38. The number of methoxy groups -OCH3 is 2. The minimum atomic E-state index is -5.60. The number of hydrogen-bond acceptors (Lipinski definition) is 2. The highest BCUT2D eigenvalue weighted by Gasteiger charge is 2.43. The van der Waals surface area contributed by atoms with E-state index in [1.807, 2.05) is 24.3 Å². The Morgan fingerprint density at radius 1 is 0.780 bits per heavy atom. The van der Waals surface area contributed by atoms with Crippen LogP contribution in [0.5, 0.6) is 11.5 Å². The van der Waals surface area contributed by atoms with Gasteiger partial charge in [-0.25, -0.2) is 22.1 Å². The van der Waals surface area contributed by atoms with Crippen molar-refractivity contribution in [3.63, 3.8) is 0 Å². The zero-order valence-corrected chi connectivity index (χ0v) is 23.4. The molecular formula is C31H31F7NO2+. The van der Waals surface area contributed by atoms with Gasteiger partial charge in [-0.3, -0.25) is 0 Å². The Bertz CT molecular complexity index is 1460. The third-order valence-corrected chi connectivity index (χ3v) is 7.41. The van der Waals surface area contributed by atoms with Crippen molar-refractivity contribution in [2.75, 3.05) is 20.8 Å². The van der Waals surface area contributed by atoms with Crippen LogP contribution in [0.4, 0.5) is 30.7 Å². The zero-order chi connectivity index (χ0) is 30.3. The molecule has 0 spiro atoms. The lowest BCUT2D eigenvalue weighted by molar-refractivity contribution is -0.546. The lowest BCUT2D eigenvalue weighted by Crippen LogP contribution is -2.31. The predicted molar refractivity (Wildman–Crippen MR) is 141 cm³/mol. The van der Waals surface area contributed by atoms with Gasteiger partial charge >= 0.3 is 6.18 Å². The van der Waals surface area contributed by atoms with Gasteiger partial charge in [0.2, 0.25) is 0 Å². The number of rotatable bonds is 7. The maximum atomic E-state index is 14.9. The Morgan fingerprint density at radius 3 is 1.85 bits per heavy atom. The van der Waals surface area contributed by atoms with E-state index in [-0.39, 0.29) is 12.0 Å². The number of benzene rings is 3. The van der Waals surface area contributed by atoms with Crippen LogP contribution in [0.2, 0.25) is 0 Å². The first-order valence-electron chi connectivity index (χ1n) is 13.0. The molecule has 0 bridgehead atoms. The quantitative estimate of drug-likeness (QED) is 0.161. The summed E-state index contributed by atoms with van der Waals surface area (Å²) in [5.74, 6) is -8.16. The minimum absolute atomic E-state index is 0.0393. The van der Waals surface area contributed by atoms with Gasteiger partial charge in [0.05, 0.1) is 19.8 Å². The second kappa shape index (κ2) is 11.4. The summed E-state index contributed by atoms with van der Waals surface area (Å²) < 4.78 is 110. The van der Waals surface area contributed by atoms with Gasteiger partial charge in [0.25, 0.3) is 0 Å². The molecule has 10 heteroatoms. The van der Waals surface area contributed by atoms with Gasteiger partial charge in [-0.1, -0.05) is 45.0 Å². The summed E-state index contributed by atoms with van der Waals surface area (Å²) in [6.07, 6.45) is -4.33. The average molecular weight is 583 g/mol. The molecule has 1 aliphatic rings. The number of alkyl halides is 3. The summed E-state index contributed by atoms with van der Waals surface area (Å²) in [6, 6.07) is 11.5. The molecule has 3 aromatic carbocycles. The molecule has 0 saturated heterocycles. The first-order chi connectivity index (χ1) is 19.2. The Morgan fingerprint density at radius 2 is 1.34 bits per heavy atom. The fraction of sp³-hybridized carbons (Fsp3) is 0.387. The van der Waals surface area contributed by atoms with E-state index >= 15 is 0 Å². The molecule has 0 saturated carbocycles. The van der Waals surface area contributed by atoms with E-state index in [9.17, 15) is 30.7 Å². The molecule has 1 aliphatic heterocycles. The van der Waals surface area contributed by atoms with Crippen LogP contribution in [0.15, 0.2) is 36.4 Å². The van der Waals surface area contributed by atoms with Gasteiger partial charge in [0.15, 0.2) is 47.0 Å². The molecule has 0 aromatic heterocycles. The van der Waals surface area contributed by atoms with Crippen molar-refractivity contribution < 1.29 is 44.8 Å². The van der Waals surface area contributed by atoms with Gasteiger partial charge < -0.3 is 9.47 Å². The molecule has 4 rings (SSSR count). The Hall–Kier alpha value is -3.56. The predicted octanol–water partition coefficient (Wildman–Crippen LogP) is 7.77. The fourth-order valence-electron chi connectivity index (χ4n) is 5.11. The number of halogens is 7. The number of aryl methyl sites for hydroxylation is 1. The lowest BCUT2D eigenvalue weighted by atomic mass is 9.86. The number of nitrogens with zero attached hydrogens (tertiary/aromatic N) is 1. The van der Waals surface area contributed by atoms with Crippen molar-refractivity contribution in [2.24, 2.45) is 0 Å². The largest absolute Gasteiger partial charge is 0.493 e. The molecule has 0 N–H and O–H groups in total. The minimum Gasteiger partial charge on any atom is -0.493 e. The number of hydrogen-bond donors (Lipinski definition) is 0. The summed E-state index contributed by atoms with van der Waals surface area (Å²) in [6.45, 7) is 5.82. The van der Waals surface area contributed by atoms with E-state index in [1.54, 1.807) is 16.7 Å². The summed E-state index contributed by atoms with van der Waals surface area (Å²) in [5.41, 5.74) is 0.560. The van der Waals surface area contributed by atoms with Crippen LogP contribution >= 0.6 is 0 Å². The molecule has 0 unspecified atom stereocenters. The first kappa shape index (κ1) is 30.4. The molecule has 0 fully saturated rings. The molecular weight excluding hydrogens is 551 g/mol. The van der Waals surface area contributed by atoms with E-state index in [1.165, 1.54) is 14.2 Å². The van der Waals surface area contributed by atoms with Crippen molar-refractivity contribution in [3.05, 3.63) is 93.0 Å². The number of fused-ring (bicyclic) bond motifs is 1. The van der Waals surface area contributed by atoms with E-state index in [4.69, 9.17) is 9.47 Å². The molecule has 220 valence electrons. The van der Waals surface area contributed by atoms with Crippen LogP contribution in [-0.2, 0) is 31.0 Å². The van der Waals surface area contributed by atoms with E-state index in [0.717, 1.165) is 16.7 Å². The van der Waals surface area contributed by atoms with Gasteiger partial charge in [0.1, 0.15) is 12.1 Å². The van der Waals surface area contributed by atoms with Crippen LogP contribution in [0.3, 0.4) is 0 Å². The third-order valence-electron chi connectivity index (χ3n) is 7.41. The van der Waals surface area contributed by atoms with Gasteiger partial charge in [-0.2, -0.15) is 13.2 Å². The molecule has 41 heavy (non-hydrogen) atoms. The molecule has 0 atom stereocenters. The van der Waals surface area contributed by atoms with Crippen LogP contribution in [-0.4, -0.2) is 31.1 Å². The van der Waals surface area contributed by atoms with E-state index in [2.05, 4.69) is 20.8 Å². The maximum absolute atomic E-state index is 14.9. The van der Waals surface area contributed by atoms with Crippen molar-refractivity contribution in [3.8, 4) is 11.5 Å². The van der Waals surface area contributed by atoms with Crippen molar-refractivity contribution >= 4 is 5.71 Å². The molecule has 1 heterocycles. The van der Waals surface area contributed by atoms with Crippen LogP contribution in [0.25, 0.3) is 0 Å². The number of ether oxygens (including phenoxy) is 2. The van der Waals surface area contributed by atoms with Gasteiger partial charge in [-0.05, 0) is 40.7 Å². The molecule has 3 aromatic rings. The SMILES string of the molecule is COc1cc2c(cc1OC)C(CCc1ccc(C(C)(C)C)cc1)=[N+](Cc1c(F)c(F)c(C(F)(F)F)c(F)c1F)CC2. The lowest BCUT2D eigenvalue weighted by Gasteiger charge is -2.22.